The third kappa shape index (κ3) is 2.69. The van der Waals surface area contributed by atoms with Crippen molar-refractivity contribution in [1.29, 1.82) is 0 Å². The van der Waals surface area contributed by atoms with E-state index in [9.17, 15) is 4.79 Å². The van der Waals surface area contributed by atoms with Gasteiger partial charge in [0, 0.05) is 11.6 Å². The smallest absolute Gasteiger partial charge is 0.263 e. The van der Waals surface area contributed by atoms with Crippen LogP contribution in [0.5, 0.6) is 0 Å². The van der Waals surface area contributed by atoms with E-state index in [4.69, 9.17) is 16.6 Å². The highest BCUT2D eigenvalue weighted by atomic mass is 32.2. The third-order valence-electron chi connectivity index (χ3n) is 2.84. The molecule has 1 saturated heterocycles. The van der Waals surface area contributed by atoms with Crippen LogP contribution in [0.25, 0.3) is 17.4 Å². The van der Waals surface area contributed by atoms with Gasteiger partial charge in [0.05, 0.1) is 4.91 Å². The highest BCUT2D eigenvalue weighted by Crippen LogP contribution is 2.28. The van der Waals surface area contributed by atoms with Gasteiger partial charge in [0.2, 0.25) is 0 Å². The molecule has 0 aliphatic carbocycles. The van der Waals surface area contributed by atoms with Crippen LogP contribution in [-0.4, -0.2) is 10.2 Å². The van der Waals surface area contributed by atoms with Gasteiger partial charge in [-0.1, -0.05) is 47.7 Å². The molecule has 0 saturated carbocycles. The van der Waals surface area contributed by atoms with Crippen molar-refractivity contribution in [2.45, 2.75) is 6.92 Å². The van der Waals surface area contributed by atoms with Gasteiger partial charge in [-0.2, -0.15) is 0 Å². The Kier molecular flexibility index (Phi) is 3.46. The van der Waals surface area contributed by atoms with E-state index in [2.05, 4.69) is 11.4 Å². The van der Waals surface area contributed by atoms with E-state index in [-0.39, 0.29) is 5.91 Å². The molecule has 0 radical (unpaired) electrons. The zero-order chi connectivity index (χ0) is 14.1. The lowest BCUT2D eigenvalue weighted by molar-refractivity contribution is -0.115. The standard InChI is InChI=1S/C15H11NO2S2/c1-9-3-2-4-10(7-9)12-6-5-11(18-12)8-13-14(17)16-15(19)20-13/h2-8H,1H3,(H,16,17,19)/b13-8-. The van der Waals surface area contributed by atoms with E-state index in [1.54, 1.807) is 6.08 Å². The van der Waals surface area contributed by atoms with E-state index in [1.165, 1.54) is 17.3 Å². The van der Waals surface area contributed by atoms with Crippen molar-refractivity contribution in [3.63, 3.8) is 0 Å². The van der Waals surface area contributed by atoms with Crippen LogP contribution in [-0.2, 0) is 4.79 Å². The van der Waals surface area contributed by atoms with Gasteiger partial charge < -0.3 is 9.73 Å². The van der Waals surface area contributed by atoms with E-state index in [0.717, 1.165) is 11.3 Å². The summed E-state index contributed by atoms with van der Waals surface area (Å²) in [6, 6.07) is 11.8. The predicted molar refractivity (Wildman–Crippen MR) is 85.2 cm³/mol. The van der Waals surface area contributed by atoms with Crippen molar-refractivity contribution in [3.05, 3.63) is 52.6 Å². The number of aryl methyl sites for hydroxylation is 1. The van der Waals surface area contributed by atoms with Crippen LogP contribution in [0.4, 0.5) is 0 Å². The molecule has 2 aromatic rings. The molecule has 3 rings (SSSR count). The van der Waals surface area contributed by atoms with Crippen LogP contribution in [0.2, 0.25) is 0 Å². The molecular formula is C15H11NO2S2. The van der Waals surface area contributed by atoms with Crippen molar-refractivity contribution in [2.75, 3.05) is 0 Å². The van der Waals surface area contributed by atoms with Gasteiger partial charge in [0.25, 0.3) is 5.91 Å². The van der Waals surface area contributed by atoms with Gasteiger partial charge in [-0.25, -0.2) is 0 Å². The molecule has 0 atom stereocenters. The minimum absolute atomic E-state index is 0.173. The zero-order valence-corrected chi connectivity index (χ0v) is 12.3. The molecule has 100 valence electrons. The van der Waals surface area contributed by atoms with Crippen LogP contribution >= 0.6 is 24.0 Å². The van der Waals surface area contributed by atoms with Crippen molar-refractivity contribution in [3.8, 4) is 11.3 Å². The topological polar surface area (TPSA) is 42.2 Å². The van der Waals surface area contributed by atoms with Gasteiger partial charge >= 0.3 is 0 Å². The summed E-state index contributed by atoms with van der Waals surface area (Å²) in [5.74, 6) is 1.25. The molecule has 0 unspecified atom stereocenters. The molecule has 1 N–H and O–H groups in total. The monoisotopic (exact) mass is 301 g/mol. The van der Waals surface area contributed by atoms with E-state index in [1.807, 2.05) is 37.3 Å². The number of carbonyl (C=O) groups excluding carboxylic acids is 1. The maximum absolute atomic E-state index is 11.6. The minimum Gasteiger partial charge on any atom is -0.457 e. The molecule has 1 aliphatic heterocycles. The Bertz CT molecular complexity index is 731. The highest BCUT2D eigenvalue weighted by molar-refractivity contribution is 8.26. The second-order valence-corrected chi connectivity index (χ2v) is 6.14. The molecule has 0 spiro atoms. The number of furan rings is 1. The fraction of sp³-hybridized carbons (Fsp3) is 0.0667. The Morgan fingerprint density at radius 3 is 2.85 bits per heavy atom. The van der Waals surface area contributed by atoms with Crippen LogP contribution in [0, 0.1) is 6.92 Å². The molecule has 2 heterocycles. The van der Waals surface area contributed by atoms with Gasteiger partial charge in [-0.3, -0.25) is 4.79 Å². The number of nitrogens with one attached hydrogen (secondary N) is 1. The number of hydrogen-bond donors (Lipinski definition) is 1. The Labute approximate surface area is 126 Å². The van der Waals surface area contributed by atoms with Crippen molar-refractivity contribution in [2.24, 2.45) is 0 Å². The SMILES string of the molecule is Cc1cccc(-c2ccc(/C=C3\SC(=S)NC3=O)o2)c1. The second kappa shape index (κ2) is 5.26. The quantitative estimate of drug-likeness (QED) is 0.678. The van der Waals surface area contributed by atoms with Crippen molar-refractivity contribution in [1.82, 2.24) is 5.32 Å². The fourth-order valence-electron chi connectivity index (χ4n) is 1.93. The van der Waals surface area contributed by atoms with Gasteiger partial charge in [-0.15, -0.1) is 0 Å². The molecule has 1 aromatic heterocycles. The number of thioether (sulfide) groups is 1. The minimum atomic E-state index is -0.173. The Morgan fingerprint density at radius 2 is 2.15 bits per heavy atom. The Morgan fingerprint density at radius 1 is 1.30 bits per heavy atom. The predicted octanol–water partition coefficient (Wildman–Crippen LogP) is 3.74. The van der Waals surface area contributed by atoms with Crippen LogP contribution in [0.15, 0.2) is 45.7 Å². The first kappa shape index (κ1) is 13.1. The number of hydrogen-bond acceptors (Lipinski definition) is 4. The normalized spacial score (nSPS) is 16.8. The Balaban J connectivity index is 1.89. The lowest BCUT2D eigenvalue weighted by Crippen LogP contribution is -2.17. The summed E-state index contributed by atoms with van der Waals surface area (Å²) in [6.45, 7) is 2.04. The molecule has 1 aliphatic rings. The number of amides is 1. The number of rotatable bonds is 2. The van der Waals surface area contributed by atoms with Crippen LogP contribution in [0.3, 0.4) is 0 Å². The summed E-state index contributed by atoms with van der Waals surface area (Å²) < 4.78 is 6.24. The molecule has 1 aromatic carbocycles. The lowest BCUT2D eigenvalue weighted by Gasteiger charge is -1.98. The average Bonchev–Trinajstić information content (AvgIpc) is 2.97. The summed E-state index contributed by atoms with van der Waals surface area (Å²) in [5.41, 5.74) is 2.20. The molecule has 1 amide bonds. The zero-order valence-electron chi connectivity index (χ0n) is 10.7. The van der Waals surface area contributed by atoms with Crippen LogP contribution < -0.4 is 5.32 Å². The second-order valence-electron chi connectivity index (χ2n) is 4.42. The summed E-state index contributed by atoms with van der Waals surface area (Å²) in [4.78, 5) is 12.1. The summed E-state index contributed by atoms with van der Waals surface area (Å²) >= 11 is 6.19. The number of benzene rings is 1. The average molecular weight is 301 g/mol. The van der Waals surface area contributed by atoms with Gasteiger partial charge in [0.15, 0.2) is 0 Å². The third-order valence-corrected chi connectivity index (χ3v) is 4.01. The lowest BCUT2D eigenvalue weighted by atomic mass is 10.1. The van der Waals surface area contributed by atoms with Crippen molar-refractivity contribution < 1.29 is 9.21 Å². The molecule has 20 heavy (non-hydrogen) atoms. The first-order chi connectivity index (χ1) is 9.61. The summed E-state index contributed by atoms with van der Waals surface area (Å²) in [6.07, 6.45) is 1.71. The maximum atomic E-state index is 11.6. The van der Waals surface area contributed by atoms with E-state index < -0.39 is 0 Å². The van der Waals surface area contributed by atoms with Gasteiger partial charge in [-0.05, 0) is 25.1 Å². The summed E-state index contributed by atoms with van der Waals surface area (Å²) in [5, 5.41) is 2.58. The molecule has 0 bridgehead atoms. The number of carbonyl (C=O) groups is 1. The number of thiocarbonyl (C=S) groups is 1. The molecule has 1 fully saturated rings. The fourth-order valence-corrected chi connectivity index (χ4v) is 2.96. The highest BCUT2D eigenvalue weighted by Gasteiger charge is 2.22. The summed E-state index contributed by atoms with van der Waals surface area (Å²) in [7, 11) is 0. The maximum Gasteiger partial charge on any atom is 0.263 e. The van der Waals surface area contributed by atoms with Gasteiger partial charge in [0.1, 0.15) is 15.8 Å². The largest absolute Gasteiger partial charge is 0.457 e. The molecule has 3 nitrogen and oxygen atoms in total. The first-order valence-electron chi connectivity index (χ1n) is 6.03. The van der Waals surface area contributed by atoms with E-state index >= 15 is 0 Å². The molecular weight excluding hydrogens is 290 g/mol. The van der Waals surface area contributed by atoms with E-state index in [0.29, 0.717) is 15.0 Å². The van der Waals surface area contributed by atoms with Crippen molar-refractivity contribution >= 4 is 40.3 Å². The Hall–Kier alpha value is -1.85. The van der Waals surface area contributed by atoms with Crippen LogP contribution in [0.1, 0.15) is 11.3 Å². The first-order valence-corrected chi connectivity index (χ1v) is 7.26. The molecule has 5 heteroatoms.